The number of pyridine rings is 1. The van der Waals surface area contributed by atoms with E-state index in [1.165, 1.54) is 12.1 Å². The zero-order valence-electron chi connectivity index (χ0n) is 12.4. The van der Waals surface area contributed by atoms with Crippen molar-refractivity contribution in [1.29, 1.82) is 0 Å². The molecule has 0 saturated carbocycles. The van der Waals surface area contributed by atoms with Crippen LogP contribution in [0.2, 0.25) is 0 Å². The number of nitrogens with zero attached hydrogens (tertiary/aromatic N) is 2. The second-order valence-electron chi connectivity index (χ2n) is 5.88. The second-order valence-corrected chi connectivity index (χ2v) is 6.79. The predicted octanol–water partition coefficient (Wildman–Crippen LogP) is 4.00. The van der Waals surface area contributed by atoms with Gasteiger partial charge in [0, 0.05) is 40.6 Å². The minimum Gasteiger partial charge on any atom is -0.304 e. The zero-order valence-corrected chi connectivity index (χ0v) is 13.9. The molecule has 1 aromatic carbocycles. The van der Waals surface area contributed by atoms with Crippen molar-refractivity contribution in [3.63, 3.8) is 0 Å². The molecule has 2 aromatic heterocycles. The molecule has 4 rings (SSSR count). The highest BCUT2D eigenvalue weighted by Gasteiger charge is 2.31. The molecule has 0 saturated heterocycles. The van der Waals surface area contributed by atoms with Crippen LogP contribution in [-0.4, -0.2) is 15.4 Å². The van der Waals surface area contributed by atoms with Crippen molar-refractivity contribution >= 4 is 21.6 Å². The lowest BCUT2D eigenvalue weighted by Gasteiger charge is -2.32. The monoisotopic (exact) mass is 377 g/mol. The Balaban J connectivity index is 1.95. The fourth-order valence-corrected chi connectivity index (χ4v) is 3.74. The molecule has 1 aliphatic heterocycles. The molecule has 1 aliphatic rings. The molecule has 0 aliphatic carbocycles. The first-order valence-corrected chi connectivity index (χ1v) is 8.19. The van der Waals surface area contributed by atoms with Gasteiger partial charge in [0.15, 0.2) is 0 Å². The van der Waals surface area contributed by atoms with E-state index in [-0.39, 0.29) is 11.6 Å². The van der Waals surface area contributed by atoms with Gasteiger partial charge in [-0.25, -0.2) is 13.8 Å². The topological polar surface area (TPSA) is 29.3 Å². The zero-order chi connectivity index (χ0) is 16.1. The van der Waals surface area contributed by atoms with Gasteiger partial charge in [-0.2, -0.15) is 0 Å². The van der Waals surface area contributed by atoms with E-state index in [0.717, 1.165) is 23.3 Å². The lowest BCUT2D eigenvalue weighted by molar-refractivity contribution is 0.426. The summed E-state index contributed by atoms with van der Waals surface area (Å²) in [5.41, 5.74) is 2.82. The molecule has 0 spiro atoms. The standard InChI is InChI=1S/C17H14BrF2N3/c1-9-6-14-11(2-3-15-21-4-5-23(14)15)17(22-9)16-12(19)7-10(18)8-13(16)20/h2-5,7-9,17,22H,6H2,1H3/t9-,17?/m1/s1. The quantitative estimate of drug-likeness (QED) is 0.694. The van der Waals surface area contributed by atoms with Crippen LogP contribution in [0.25, 0.3) is 5.65 Å². The van der Waals surface area contributed by atoms with Gasteiger partial charge in [0.05, 0.1) is 6.04 Å². The average Bonchev–Trinajstić information content (AvgIpc) is 2.94. The molecule has 0 amide bonds. The Morgan fingerprint density at radius 2 is 2.00 bits per heavy atom. The van der Waals surface area contributed by atoms with Gasteiger partial charge >= 0.3 is 0 Å². The van der Waals surface area contributed by atoms with Crippen molar-refractivity contribution in [2.75, 3.05) is 0 Å². The number of benzene rings is 1. The van der Waals surface area contributed by atoms with E-state index in [4.69, 9.17) is 0 Å². The molecule has 3 heterocycles. The molecule has 3 nitrogen and oxygen atoms in total. The van der Waals surface area contributed by atoms with Gasteiger partial charge < -0.3 is 9.72 Å². The number of rotatable bonds is 1. The molecule has 0 radical (unpaired) electrons. The molecular formula is C17H14BrF2N3. The number of halogens is 3. The smallest absolute Gasteiger partial charge is 0.136 e. The van der Waals surface area contributed by atoms with Crippen molar-refractivity contribution < 1.29 is 8.78 Å². The van der Waals surface area contributed by atoms with Crippen LogP contribution in [-0.2, 0) is 6.42 Å². The largest absolute Gasteiger partial charge is 0.304 e. The van der Waals surface area contributed by atoms with Crippen molar-refractivity contribution in [2.45, 2.75) is 25.4 Å². The summed E-state index contributed by atoms with van der Waals surface area (Å²) in [5, 5.41) is 3.32. The summed E-state index contributed by atoms with van der Waals surface area (Å²) in [5.74, 6) is -1.11. The molecule has 2 atom stereocenters. The maximum absolute atomic E-state index is 14.4. The maximum atomic E-state index is 14.4. The first kappa shape index (κ1) is 14.8. The summed E-state index contributed by atoms with van der Waals surface area (Å²) in [6, 6.07) is 5.96. The van der Waals surface area contributed by atoms with E-state index in [2.05, 4.69) is 26.2 Å². The summed E-state index contributed by atoms with van der Waals surface area (Å²) >= 11 is 3.13. The Hall–Kier alpha value is -1.79. The van der Waals surface area contributed by atoms with Gasteiger partial charge in [-0.05, 0) is 30.7 Å². The first-order chi connectivity index (χ1) is 11.0. The van der Waals surface area contributed by atoms with E-state index in [1.54, 1.807) is 6.20 Å². The van der Waals surface area contributed by atoms with Crippen LogP contribution in [0.15, 0.2) is 41.1 Å². The van der Waals surface area contributed by atoms with Gasteiger partial charge in [0.2, 0.25) is 0 Å². The van der Waals surface area contributed by atoms with E-state index in [9.17, 15) is 8.78 Å². The number of imidazole rings is 1. The number of hydrogen-bond acceptors (Lipinski definition) is 2. The summed E-state index contributed by atoms with van der Waals surface area (Å²) < 4.78 is 31.3. The number of nitrogens with one attached hydrogen (secondary N) is 1. The van der Waals surface area contributed by atoms with Crippen molar-refractivity contribution in [2.24, 2.45) is 0 Å². The van der Waals surface area contributed by atoms with E-state index >= 15 is 0 Å². The second kappa shape index (κ2) is 5.39. The van der Waals surface area contributed by atoms with Gasteiger partial charge in [-0.1, -0.05) is 22.0 Å². The van der Waals surface area contributed by atoms with Gasteiger partial charge in [-0.3, -0.25) is 0 Å². The molecule has 118 valence electrons. The van der Waals surface area contributed by atoms with E-state index < -0.39 is 17.7 Å². The van der Waals surface area contributed by atoms with Crippen LogP contribution < -0.4 is 5.32 Å². The minimum absolute atomic E-state index is 0.0560. The summed E-state index contributed by atoms with van der Waals surface area (Å²) in [6.07, 6.45) is 4.40. The Bertz CT molecular complexity index is 883. The molecule has 0 fully saturated rings. The average molecular weight is 378 g/mol. The van der Waals surface area contributed by atoms with Crippen LogP contribution in [0.4, 0.5) is 8.78 Å². The summed E-state index contributed by atoms with van der Waals surface area (Å²) in [6.45, 7) is 2.01. The summed E-state index contributed by atoms with van der Waals surface area (Å²) in [7, 11) is 0. The van der Waals surface area contributed by atoms with Crippen molar-refractivity contribution in [1.82, 2.24) is 14.7 Å². The van der Waals surface area contributed by atoms with Gasteiger partial charge in [0.25, 0.3) is 0 Å². The van der Waals surface area contributed by atoms with E-state index in [1.807, 2.05) is 29.7 Å². The lowest BCUT2D eigenvalue weighted by atomic mass is 9.89. The third-order valence-electron chi connectivity index (χ3n) is 4.30. The first-order valence-electron chi connectivity index (χ1n) is 7.40. The molecule has 6 heteroatoms. The molecule has 3 aromatic rings. The van der Waals surface area contributed by atoms with E-state index in [0.29, 0.717) is 4.47 Å². The highest BCUT2D eigenvalue weighted by molar-refractivity contribution is 9.10. The number of aromatic nitrogens is 2. The normalized spacial score (nSPS) is 20.7. The fourth-order valence-electron chi connectivity index (χ4n) is 3.34. The Kier molecular flexibility index (Phi) is 3.46. The molecular weight excluding hydrogens is 364 g/mol. The molecule has 1 unspecified atom stereocenters. The predicted molar refractivity (Wildman–Crippen MR) is 87.4 cm³/mol. The van der Waals surface area contributed by atoms with Crippen LogP contribution >= 0.6 is 15.9 Å². The lowest BCUT2D eigenvalue weighted by Crippen LogP contribution is -2.39. The van der Waals surface area contributed by atoms with Crippen LogP contribution in [0.3, 0.4) is 0 Å². The van der Waals surface area contributed by atoms with Gasteiger partial charge in [0.1, 0.15) is 17.3 Å². The Morgan fingerprint density at radius 3 is 2.74 bits per heavy atom. The van der Waals surface area contributed by atoms with Crippen LogP contribution in [0.1, 0.15) is 29.8 Å². The highest BCUT2D eigenvalue weighted by Crippen LogP contribution is 2.35. The van der Waals surface area contributed by atoms with Crippen LogP contribution in [0.5, 0.6) is 0 Å². The number of fused-ring (bicyclic) bond motifs is 3. The summed E-state index contributed by atoms with van der Waals surface area (Å²) in [4.78, 5) is 4.28. The SMILES string of the molecule is C[C@@H]1Cc2c(ccc3nccn23)C(c2c(F)cc(Br)cc2F)N1. The molecule has 23 heavy (non-hydrogen) atoms. The Morgan fingerprint density at radius 1 is 1.26 bits per heavy atom. The highest BCUT2D eigenvalue weighted by atomic mass is 79.9. The van der Waals surface area contributed by atoms with Crippen molar-refractivity contribution in [3.05, 3.63) is 69.6 Å². The number of hydrogen-bond donors (Lipinski definition) is 1. The molecule has 1 N–H and O–H groups in total. The molecule has 0 bridgehead atoms. The third kappa shape index (κ3) is 2.37. The maximum Gasteiger partial charge on any atom is 0.136 e. The fraction of sp³-hybridized carbons (Fsp3) is 0.235. The Labute approximate surface area is 140 Å². The van der Waals surface area contributed by atoms with Crippen molar-refractivity contribution in [3.8, 4) is 0 Å². The van der Waals surface area contributed by atoms with Gasteiger partial charge in [-0.15, -0.1) is 0 Å². The van der Waals surface area contributed by atoms with Crippen LogP contribution in [0, 0.1) is 11.6 Å². The third-order valence-corrected chi connectivity index (χ3v) is 4.76. The minimum atomic E-state index is -0.555.